The molecule has 5 heteroatoms. The van der Waals surface area contributed by atoms with Crippen molar-refractivity contribution in [2.75, 3.05) is 6.54 Å². The molecule has 4 N–H and O–H groups in total. The normalized spacial score (nSPS) is 20.7. The van der Waals surface area contributed by atoms with E-state index >= 15 is 0 Å². The Labute approximate surface area is 103 Å². The van der Waals surface area contributed by atoms with Crippen LogP contribution in [0.5, 0.6) is 0 Å². The molecule has 0 radical (unpaired) electrons. The molecule has 0 aliphatic carbocycles. The molecule has 0 amide bonds. The zero-order chi connectivity index (χ0) is 12.8. The van der Waals surface area contributed by atoms with Crippen LogP contribution in [0.25, 0.3) is 10.9 Å². The molecule has 18 heavy (non-hydrogen) atoms. The number of benzene rings is 1. The van der Waals surface area contributed by atoms with E-state index < -0.39 is 17.6 Å². The van der Waals surface area contributed by atoms with E-state index in [0.29, 0.717) is 11.9 Å². The molecule has 1 aliphatic heterocycles. The van der Waals surface area contributed by atoms with Crippen molar-refractivity contribution in [3.05, 3.63) is 35.8 Å². The van der Waals surface area contributed by atoms with E-state index in [1.807, 2.05) is 0 Å². The number of halogens is 1. The number of hydrogen-bond donors (Lipinski definition) is 4. The summed E-state index contributed by atoms with van der Waals surface area (Å²) in [6.45, 7) is 0.748. The summed E-state index contributed by atoms with van der Waals surface area (Å²) >= 11 is 0. The SMILES string of the molecule is OC(O)(c1c[nH]c2cccc(F)c12)C1CCCN1. The average Bonchev–Trinajstić information content (AvgIpc) is 2.99. The first-order chi connectivity index (χ1) is 8.60. The van der Waals surface area contributed by atoms with E-state index in [1.165, 1.54) is 12.3 Å². The summed E-state index contributed by atoms with van der Waals surface area (Å²) in [4.78, 5) is 2.87. The molecular weight excluding hydrogens is 235 g/mol. The van der Waals surface area contributed by atoms with Crippen LogP contribution in [0, 0.1) is 5.82 Å². The van der Waals surface area contributed by atoms with Crippen molar-refractivity contribution in [1.29, 1.82) is 0 Å². The highest BCUT2D eigenvalue weighted by Crippen LogP contribution is 2.33. The van der Waals surface area contributed by atoms with E-state index in [2.05, 4.69) is 10.3 Å². The highest BCUT2D eigenvalue weighted by atomic mass is 19.1. The molecule has 96 valence electrons. The van der Waals surface area contributed by atoms with Crippen LogP contribution in [0.15, 0.2) is 24.4 Å². The molecule has 1 atom stereocenters. The zero-order valence-electron chi connectivity index (χ0n) is 9.78. The Hall–Kier alpha value is -1.43. The van der Waals surface area contributed by atoms with Gasteiger partial charge in [0.2, 0.25) is 5.79 Å². The summed E-state index contributed by atoms with van der Waals surface area (Å²) in [7, 11) is 0. The Kier molecular flexibility index (Phi) is 2.62. The van der Waals surface area contributed by atoms with Gasteiger partial charge in [0.15, 0.2) is 0 Å². The first kappa shape index (κ1) is 11.6. The largest absolute Gasteiger partial charge is 0.361 e. The predicted molar refractivity (Wildman–Crippen MR) is 65.4 cm³/mol. The third-order valence-electron chi connectivity index (χ3n) is 3.60. The molecule has 1 aliphatic rings. The van der Waals surface area contributed by atoms with Gasteiger partial charge >= 0.3 is 0 Å². The summed E-state index contributed by atoms with van der Waals surface area (Å²) in [5.41, 5.74) is 0.755. The fourth-order valence-electron chi connectivity index (χ4n) is 2.65. The van der Waals surface area contributed by atoms with Crippen LogP contribution < -0.4 is 5.32 Å². The lowest BCUT2D eigenvalue weighted by molar-refractivity contribution is -0.188. The molecule has 1 saturated heterocycles. The van der Waals surface area contributed by atoms with Crippen LogP contribution in [0.3, 0.4) is 0 Å². The number of fused-ring (bicyclic) bond motifs is 1. The van der Waals surface area contributed by atoms with E-state index in [1.54, 1.807) is 12.1 Å². The van der Waals surface area contributed by atoms with Crippen molar-refractivity contribution in [3.63, 3.8) is 0 Å². The predicted octanol–water partition coefficient (Wildman–Crippen LogP) is 1.20. The molecule has 1 fully saturated rings. The molecular formula is C13H15FN2O2. The van der Waals surface area contributed by atoms with Crippen LogP contribution >= 0.6 is 0 Å². The zero-order valence-corrected chi connectivity index (χ0v) is 9.78. The van der Waals surface area contributed by atoms with Crippen LogP contribution in [-0.2, 0) is 5.79 Å². The number of H-pyrrole nitrogens is 1. The summed E-state index contributed by atoms with van der Waals surface area (Å²) in [6, 6.07) is 4.15. The topological polar surface area (TPSA) is 68.3 Å². The average molecular weight is 250 g/mol. The molecule has 1 aromatic heterocycles. The summed E-state index contributed by atoms with van der Waals surface area (Å²) < 4.78 is 13.8. The lowest BCUT2D eigenvalue weighted by Gasteiger charge is -2.28. The second kappa shape index (κ2) is 4.05. The van der Waals surface area contributed by atoms with Crippen LogP contribution in [0.1, 0.15) is 18.4 Å². The van der Waals surface area contributed by atoms with Crippen molar-refractivity contribution in [2.45, 2.75) is 24.7 Å². The smallest absolute Gasteiger partial charge is 0.207 e. The number of aromatic amines is 1. The van der Waals surface area contributed by atoms with E-state index in [-0.39, 0.29) is 10.9 Å². The van der Waals surface area contributed by atoms with Gasteiger partial charge in [-0.05, 0) is 31.5 Å². The minimum atomic E-state index is -2.06. The molecule has 0 bridgehead atoms. The first-order valence-electron chi connectivity index (χ1n) is 6.05. The minimum absolute atomic E-state index is 0.190. The second-order valence-electron chi connectivity index (χ2n) is 4.74. The van der Waals surface area contributed by atoms with Crippen molar-refractivity contribution in [1.82, 2.24) is 10.3 Å². The molecule has 2 heterocycles. The van der Waals surface area contributed by atoms with Gasteiger partial charge in [-0.2, -0.15) is 0 Å². The van der Waals surface area contributed by atoms with E-state index in [4.69, 9.17) is 0 Å². The molecule has 0 spiro atoms. The molecule has 2 aromatic rings. The van der Waals surface area contributed by atoms with Gasteiger partial charge in [0.1, 0.15) is 5.82 Å². The third kappa shape index (κ3) is 1.63. The maximum Gasteiger partial charge on any atom is 0.207 e. The van der Waals surface area contributed by atoms with Crippen LogP contribution in [-0.4, -0.2) is 27.8 Å². The Bertz CT molecular complexity index is 573. The number of hydrogen-bond acceptors (Lipinski definition) is 3. The van der Waals surface area contributed by atoms with Crippen molar-refractivity contribution < 1.29 is 14.6 Å². The molecule has 1 aromatic carbocycles. The Morgan fingerprint density at radius 2 is 2.17 bits per heavy atom. The number of aliphatic hydroxyl groups is 2. The van der Waals surface area contributed by atoms with Crippen molar-refractivity contribution in [2.24, 2.45) is 0 Å². The van der Waals surface area contributed by atoms with E-state index in [9.17, 15) is 14.6 Å². The van der Waals surface area contributed by atoms with Crippen LogP contribution in [0.2, 0.25) is 0 Å². The van der Waals surface area contributed by atoms with Crippen LogP contribution in [0.4, 0.5) is 4.39 Å². The lowest BCUT2D eigenvalue weighted by atomic mass is 9.96. The molecule has 1 unspecified atom stereocenters. The van der Waals surface area contributed by atoms with Gasteiger partial charge in [-0.15, -0.1) is 0 Å². The monoisotopic (exact) mass is 250 g/mol. The maximum absolute atomic E-state index is 13.8. The minimum Gasteiger partial charge on any atom is -0.361 e. The number of nitrogens with one attached hydrogen (secondary N) is 2. The number of aromatic nitrogens is 1. The lowest BCUT2D eigenvalue weighted by Crippen LogP contribution is -2.45. The summed E-state index contributed by atoms with van der Waals surface area (Å²) in [5.74, 6) is -2.51. The van der Waals surface area contributed by atoms with Gasteiger partial charge in [0, 0.05) is 22.7 Å². The fourth-order valence-corrected chi connectivity index (χ4v) is 2.65. The first-order valence-corrected chi connectivity index (χ1v) is 6.05. The van der Waals surface area contributed by atoms with Crippen molar-refractivity contribution in [3.8, 4) is 0 Å². The van der Waals surface area contributed by atoms with Gasteiger partial charge in [-0.1, -0.05) is 6.07 Å². The quantitative estimate of drug-likeness (QED) is 0.605. The Balaban J connectivity index is 2.13. The molecule has 0 saturated carbocycles. The molecule has 4 nitrogen and oxygen atoms in total. The van der Waals surface area contributed by atoms with Gasteiger partial charge in [0.25, 0.3) is 0 Å². The van der Waals surface area contributed by atoms with E-state index in [0.717, 1.165) is 13.0 Å². The number of rotatable bonds is 2. The van der Waals surface area contributed by atoms with Gasteiger partial charge < -0.3 is 20.5 Å². The second-order valence-corrected chi connectivity index (χ2v) is 4.74. The van der Waals surface area contributed by atoms with Gasteiger partial charge in [-0.25, -0.2) is 4.39 Å². The van der Waals surface area contributed by atoms with Gasteiger partial charge in [0.05, 0.1) is 6.04 Å². The van der Waals surface area contributed by atoms with Crippen molar-refractivity contribution >= 4 is 10.9 Å². The highest BCUT2D eigenvalue weighted by Gasteiger charge is 2.40. The standard InChI is InChI=1S/C13H15FN2O2/c14-9-3-1-4-10-12(9)8(7-16-10)13(17,18)11-5-2-6-15-11/h1,3-4,7,11,15-18H,2,5-6H2. The summed E-state index contributed by atoms with van der Waals surface area (Å²) in [6.07, 6.45) is 3.01. The van der Waals surface area contributed by atoms with Gasteiger partial charge in [-0.3, -0.25) is 0 Å². The maximum atomic E-state index is 13.8. The Morgan fingerprint density at radius 3 is 2.89 bits per heavy atom. The Morgan fingerprint density at radius 1 is 1.33 bits per heavy atom. The highest BCUT2D eigenvalue weighted by molar-refractivity contribution is 5.84. The fraction of sp³-hybridized carbons (Fsp3) is 0.385. The molecule has 3 rings (SSSR count). The third-order valence-corrected chi connectivity index (χ3v) is 3.60. The summed E-state index contributed by atoms with van der Waals surface area (Å²) in [5, 5.41) is 23.9.